The summed E-state index contributed by atoms with van der Waals surface area (Å²) in [5, 5.41) is 11.8. The van der Waals surface area contributed by atoms with Gasteiger partial charge >= 0.3 is 0 Å². The number of guanidine groups is 1. The molecule has 0 amide bonds. The predicted molar refractivity (Wildman–Crippen MR) is 121 cm³/mol. The quantitative estimate of drug-likeness (QED) is 0.387. The van der Waals surface area contributed by atoms with Gasteiger partial charge in [-0.05, 0) is 30.7 Å². The second-order valence-electron chi connectivity index (χ2n) is 7.45. The van der Waals surface area contributed by atoms with Crippen molar-refractivity contribution in [1.29, 1.82) is 0 Å². The van der Waals surface area contributed by atoms with Crippen molar-refractivity contribution in [2.45, 2.75) is 39.7 Å². The maximum Gasteiger partial charge on any atom is 0.194 e. The maximum absolute atomic E-state index is 5.27. The van der Waals surface area contributed by atoms with Crippen LogP contribution < -0.4 is 15.0 Å². The molecular weight excluding hydrogens is 378 g/mol. The monoisotopic (exact) mass is 413 g/mol. The van der Waals surface area contributed by atoms with Crippen LogP contribution in [-0.2, 0) is 13.0 Å². The molecule has 2 aromatic rings. The van der Waals surface area contributed by atoms with Crippen LogP contribution in [-0.4, -0.2) is 72.0 Å². The molecule has 0 bridgehead atoms. The van der Waals surface area contributed by atoms with E-state index in [2.05, 4.69) is 55.9 Å². The van der Waals surface area contributed by atoms with Gasteiger partial charge in [-0.15, -0.1) is 10.2 Å². The smallest absolute Gasteiger partial charge is 0.194 e. The molecule has 0 aliphatic carbocycles. The van der Waals surface area contributed by atoms with Crippen LogP contribution in [0.4, 0.5) is 5.69 Å². The zero-order valence-corrected chi connectivity index (χ0v) is 18.5. The molecule has 30 heavy (non-hydrogen) atoms. The molecular formula is C22H35N7O. The minimum Gasteiger partial charge on any atom is -0.497 e. The fraction of sp³-hybridized carbons (Fsp3) is 0.591. The number of rotatable bonds is 9. The number of aryl methyl sites for hydroxylation is 1. The molecule has 1 aliphatic rings. The fourth-order valence-corrected chi connectivity index (χ4v) is 3.61. The topological polar surface area (TPSA) is 70.8 Å². The summed E-state index contributed by atoms with van der Waals surface area (Å²) in [5.74, 6) is 2.93. The van der Waals surface area contributed by atoms with Crippen LogP contribution in [0.1, 0.15) is 32.5 Å². The molecule has 1 aromatic heterocycles. The number of hydrogen-bond acceptors (Lipinski definition) is 5. The standard InChI is InChI=1S/C22H35N7O/c1-4-6-11-23-22(24-12-13-29-18-25-26-21(29)5-2)28-16-14-27(15-17-28)19-7-9-20(30-3)10-8-19/h7-10,18H,4-6,11-17H2,1-3H3,(H,23,24). The first kappa shape index (κ1) is 21.9. The van der Waals surface area contributed by atoms with Crippen molar-refractivity contribution < 1.29 is 4.74 Å². The normalized spacial score (nSPS) is 14.8. The van der Waals surface area contributed by atoms with Crippen molar-refractivity contribution in [3.05, 3.63) is 36.4 Å². The zero-order chi connectivity index (χ0) is 21.2. The predicted octanol–water partition coefficient (Wildman–Crippen LogP) is 2.42. The third-order valence-corrected chi connectivity index (χ3v) is 5.44. The number of ether oxygens (including phenoxy) is 1. The van der Waals surface area contributed by atoms with Crippen LogP contribution in [0.15, 0.2) is 35.6 Å². The molecule has 8 nitrogen and oxygen atoms in total. The molecule has 3 rings (SSSR count). The summed E-state index contributed by atoms with van der Waals surface area (Å²) in [4.78, 5) is 9.67. The number of hydrogen-bond donors (Lipinski definition) is 1. The van der Waals surface area contributed by atoms with E-state index in [-0.39, 0.29) is 0 Å². The van der Waals surface area contributed by atoms with Crippen LogP contribution in [0.2, 0.25) is 0 Å². The second kappa shape index (κ2) is 11.4. The number of nitrogens with zero attached hydrogens (tertiary/aromatic N) is 6. The molecule has 0 radical (unpaired) electrons. The lowest BCUT2D eigenvalue weighted by molar-refractivity contribution is 0.370. The Balaban J connectivity index is 1.55. The van der Waals surface area contributed by atoms with Gasteiger partial charge in [0.2, 0.25) is 0 Å². The highest BCUT2D eigenvalue weighted by atomic mass is 16.5. The van der Waals surface area contributed by atoms with Crippen molar-refractivity contribution in [1.82, 2.24) is 25.0 Å². The summed E-state index contributed by atoms with van der Waals surface area (Å²) >= 11 is 0. The van der Waals surface area contributed by atoms with E-state index in [1.807, 2.05) is 18.5 Å². The molecule has 164 valence electrons. The zero-order valence-electron chi connectivity index (χ0n) is 18.5. The summed E-state index contributed by atoms with van der Waals surface area (Å²) < 4.78 is 7.38. The maximum atomic E-state index is 5.27. The van der Waals surface area contributed by atoms with Gasteiger partial charge in [0.05, 0.1) is 7.11 Å². The largest absolute Gasteiger partial charge is 0.497 e. The Bertz CT molecular complexity index is 779. The minimum absolute atomic E-state index is 0.814. The molecule has 2 heterocycles. The van der Waals surface area contributed by atoms with Crippen molar-refractivity contribution in [2.75, 3.05) is 51.3 Å². The molecule has 8 heteroatoms. The SMILES string of the molecule is CCCCN=C(NCCn1cnnc1CC)N1CCN(c2ccc(OC)cc2)CC1. The third kappa shape index (κ3) is 5.87. The Morgan fingerprint density at radius 2 is 1.90 bits per heavy atom. The number of piperazine rings is 1. The van der Waals surface area contributed by atoms with Crippen LogP contribution in [0, 0.1) is 0 Å². The van der Waals surface area contributed by atoms with Gasteiger partial charge in [-0.1, -0.05) is 20.3 Å². The van der Waals surface area contributed by atoms with Gasteiger partial charge < -0.3 is 24.4 Å². The van der Waals surface area contributed by atoms with E-state index >= 15 is 0 Å². The lowest BCUT2D eigenvalue weighted by Crippen LogP contribution is -2.53. The van der Waals surface area contributed by atoms with E-state index in [0.29, 0.717) is 0 Å². The Morgan fingerprint density at radius 3 is 2.57 bits per heavy atom. The summed E-state index contributed by atoms with van der Waals surface area (Å²) in [7, 11) is 1.70. The molecule has 0 saturated carbocycles. The van der Waals surface area contributed by atoms with Crippen LogP contribution in [0.5, 0.6) is 5.75 Å². The Morgan fingerprint density at radius 1 is 1.13 bits per heavy atom. The molecule has 1 N–H and O–H groups in total. The lowest BCUT2D eigenvalue weighted by atomic mass is 10.2. The van der Waals surface area contributed by atoms with Crippen molar-refractivity contribution in [2.24, 2.45) is 4.99 Å². The highest BCUT2D eigenvalue weighted by molar-refractivity contribution is 5.80. The van der Waals surface area contributed by atoms with E-state index in [0.717, 1.165) is 82.6 Å². The molecule has 1 fully saturated rings. The Hall–Kier alpha value is -2.77. The lowest BCUT2D eigenvalue weighted by Gasteiger charge is -2.38. The number of aromatic nitrogens is 3. The van der Waals surface area contributed by atoms with Gasteiger partial charge in [0.25, 0.3) is 0 Å². The van der Waals surface area contributed by atoms with Crippen molar-refractivity contribution >= 4 is 11.6 Å². The average Bonchev–Trinajstić information content (AvgIpc) is 3.26. The van der Waals surface area contributed by atoms with Gasteiger partial charge in [0, 0.05) is 57.9 Å². The average molecular weight is 414 g/mol. The third-order valence-electron chi connectivity index (χ3n) is 5.44. The summed E-state index contributed by atoms with van der Waals surface area (Å²) in [6.07, 6.45) is 4.97. The first-order chi connectivity index (χ1) is 14.7. The number of unbranched alkanes of at least 4 members (excludes halogenated alkanes) is 1. The number of anilines is 1. The number of benzene rings is 1. The van der Waals surface area contributed by atoms with E-state index in [9.17, 15) is 0 Å². The molecule has 0 unspecified atom stereocenters. The Kier molecular flexibility index (Phi) is 8.35. The van der Waals surface area contributed by atoms with Gasteiger partial charge in [0.15, 0.2) is 5.96 Å². The molecule has 1 aromatic carbocycles. The first-order valence-electron chi connectivity index (χ1n) is 11.0. The fourth-order valence-electron chi connectivity index (χ4n) is 3.61. The van der Waals surface area contributed by atoms with E-state index in [4.69, 9.17) is 9.73 Å². The van der Waals surface area contributed by atoms with Gasteiger partial charge in [0.1, 0.15) is 17.9 Å². The van der Waals surface area contributed by atoms with Gasteiger partial charge in [-0.25, -0.2) is 0 Å². The molecule has 0 atom stereocenters. The van der Waals surface area contributed by atoms with Crippen molar-refractivity contribution in [3.63, 3.8) is 0 Å². The van der Waals surface area contributed by atoms with Crippen LogP contribution in [0.3, 0.4) is 0 Å². The van der Waals surface area contributed by atoms with Gasteiger partial charge in [-0.3, -0.25) is 4.99 Å². The number of methoxy groups -OCH3 is 1. The van der Waals surface area contributed by atoms with Gasteiger partial charge in [-0.2, -0.15) is 0 Å². The first-order valence-corrected chi connectivity index (χ1v) is 11.0. The van der Waals surface area contributed by atoms with Crippen LogP contribution in [0.25, 0.3) is 0 Å². The van der Waals surface area contributed by atoms with Crippen LogP contribution >= 0.6 is 0 Å². The minimum atomic E-state index is 0.814. The summed E-state index contributed by atoms with van der Waals surface area (Å²) in [6, 6.07) is 8.31. The molecule has 0 spiro atoms. The van der Waals surface area contributed by atoms with E-state index in [1.54, 1.807) is 7.11 Å². The van der Waals surface area contributed by atoms with E-state index in [1.165, 1.54) is 5.69 Å². The second-order valence-corrected chi connectivity index (χ2v) is 7.45. The Labute approximate surface area is 179 Å². The highest BCUT2D eigenvalue weighted by Crippen LogP contribution is 2.20. The molecule has 1 saturated heterocycles. The summed E-state index contributed by atoms with van der Waals surface area (Å²) in [6.45, 7) is 10.7. The highest BCUT2D eigenvalue weighted by Gasteiger charge is 2.20. The number of nitrogens with one attached hydrogen (secondary N) is 1. The summed E-state index contributed by atoms with van der Waals surface area (Å²) in [5.41, 5.74) is 1.24. The van der Waals surface area contributed by atoms with Crippen molar-refractivity contribution in [3.8, 4) is 5.75 Å². The molecule has 1 aliphatic heterocycles. The number of aliphatic imine (C=N–C) groups is 1. The van der Waals surface area contributed by atoms with E-state index < -0.39 is 0 Å².